The van der Waals surface area contributed by atoms with Crippen LogP contribution in [0.15, 0.2) is 62.3 Å². The summed E-state index contributed by atoms with van der Waals surface area (Å²) in [5.41, 5.74) is 2.40. The van der Waals surface area contributed by atoms with E-state index < -0.39 is 5.76 Å². The minimum atomic E-state index is -0.533. The first-order valence-corrected chi connectivity index (χ1v) is 8.58. The summed E-state index contributed by atoms with van der Waals surface area (Å²) in [5.74, 6) is 0.376. The van der Waals surface area contributed by atoms with Gasteiger partial charge in [-0.3, -0.25) is 9.78 Å². The number of halogens is 1. The highest BCUT2D eigenvalue weighted by Gasteiger charge is 2.10. The Morgan fingerprint density at radius 1 is 1.15 bits per heavy atom. The summed E-state index contributed by atoms with van der Waals surface area (Å²) >= 11 is 5.88. The molecule has 0 atom stereocenters. The number of aromatic amines is 1. The average Bonchev–Trinajstić information content (AvgIpc) is 3.26. The van der Waals surface area contributed by atoms with E-state index in [0.717, 1.165) is 5.56 Å². The number of nitrogens with one attached hydrogen (secondary N) is 2. The lowest BCUT2D eigenvalue weighted by Gasteiger charge is -2.04. The number of nitrogens with zero attached hydrogens (tertiary/aromatic N) is 1. The zero-order valence-electron chi connectivity index (χ0n) is 14.0. The van der Waals surface area contributed by atoms with Crippen LogP contribution in [0.1, 0.15) is 12.3 Å². The number of oxazole rings is 2. The molecule has 2 heterocycles. The van der Waals surface area contributed by atoms with Gasteiger partial charge in [-0.25, -0.2) is 9.78 Å². The van der Waals surface area contributed by atoms with Crippen molar-refractivity contribution in [2.24, 2.45) is 0 Å². The molecule has 0 radical (unpaired) electrons. The van der Waals surface area contributed by atoms with E-state index in [9.17, 15) is 9.59 Å². The first kappa shape index (κ1) is 17.1. The Hall–Kier alpha value is -3.32. The Morgan fingerprint density at radius 2 is 1.96 bits per heavy atom. The Kier molecular flexibility index (Phi) is 4.52. The number of carbonyl (C=O) groups is 1. The molecule has 2 aromatic heterocycles. The van der Waals surface area contributed by atoms with Gasteiger partial charge in [0.05, 0.1) is 11.7 Å². The fraction of sp³-hybridized carbons (Fsp3) is 0.105. The summed E-state index contributed by atoms with van der Waals surface area (Å²) in [6.45, 7) is 0. The highest BCUT2D eigenvalue weighted by molar-refractivity contribution is 6.30. The largest absolute Gasteiger partial charge is 0.441 e. The van der Waals surface area contributed by atoms with Crippen LogP contribution in [0.4, 0.5) is 5.69 Å². The van der Waals surface area contributed by atoms with E-state index in [4.69, 9.17) is 20.4 Å². The van der Waals surface area contributed by atoms with Gasteiger partial charge >= 0.3 is 5.76 Å². The third kappa shape index (κ3) is 3.93. The third-order valence-corrected chi connectivity index (χ3v) is 4.20. The number of aromatic nitrogens is 2. The normalized spacial score (nSPS) is 11.0. The maximum absolute atomic E-state index is 12.2. The predicted molar refractivity (Wildman–Crippen MR) is 101 cm³/mol. The van der Waals surface area contributed by atoms with Gasteiger partial charge in [0.1, 0.15) is 0 Å². The van der Waals surface area contributed by atoms with Crippen LogP contribution in [0, 0.1) is 0 Å². The van der Waals surface area contributed by atoms with Gasteiger partial charge in [-0.2, -0.15) is 0 Å². The number of hydrogen-bond acceptors (Lipinski definition) is 5. The molecular formula is C19H14ClN3O4. The second kappa shape index (κ2) is 7.13. The second-order valence-electron chi connectivity index (χ2n) is 5.90. The van der Waals surface area contributed by atoms with Crippen molar-refractivity contribution >= 4 is 34.3 Å². The Morgan fingerprint density at radius 3 is 2.78 bits per heavy atom. The lowest BCUT2D eigenvalue weighted by Crippen LogP contribution is -2.12. The van der Waals surface area contributed by atoms with Gasteiger partial charge < -0.3 is 14.2 Å². The Balaban J connectivity index is 1.37. The molecule has 2 N–H and O–H groups in total. The van der Waals surface area contributed by atoms with Crippen molar-refractivity contribution in [3.63, 3.8) is 0 Å². The lowest BCUT2D eigenvalue weighted by atomic mass is 10.2. The summed E-state index contributed by atoms with van der Waals surface area (Å²) in [7, 11) is 0. The summed E-state index contributed by atoms with van der Waals surface area (Å²) < 4.78 is 10.6. The maximum Gasteiger partial charge on any atom is 0.417 e. The maximum atomic E-state index is 12.2. The molecule has 4 rings (SSSR count). The predicted octanol–water partition coefficient (Wildman–Crippen LogP) is 4.00. The van der Waals surface area contributed by atoms with Crippen LogP contribution in [-0.2, 0) is 11.2 Å². The van der Waals surface area contributed by atoms with Crippen molar-refractivity contribution in [1.82, 2.24) is 9.97 Å². The Bertz CT molecular complexity index is 1160. The molecule has 0 aliphatic rings. The first-order chi connectivity index (χ1) is 13.1. The van der Waals surface area contributed by atoms with Gasteiger partial charge in [0.25, 0.3) is 0 Å². The van der Waals surface area contributed by atoms with Crippen LogP contribution in [0.25, 0.3) is 22.4 Å². The van der Waals surface area contributed by atoms with Crippen LogP contribution in [0.2, 0.25) is 5.02 Å². The molecule has 136 valence electrons. The van der Waals surface area contributed by atoms with Crippen molar-refractivity contribution in [1.29, 1.82) is 0 Å². The van der Waals surface area contributed by atoms with Crippen molar-refractivity contribution in [3.05, 3.63) is 70.1 Å². The number of benzene rings is 2. The van der Waals surface area contributed by atoms with Gasteiger partial charge in [-0.1, -0.05) is 11.6 Å². The van der Waals surface area contributed by atoms with Crippen molar-refractivity contribution < 1.29 is 13.6 Å². The first-order valence-electron chi connectivity index (χ1n) is 8.20. The van der Waals surface area contributed by atoms with Crippen molar-refractivity contribution in [2.75, 3.05) is 5.32 Å². The summed E-state index contributed by atoms with van der Waals surface area (Å²) in [4.78, 5) is 30.1. The van der Waals surface area contributed by atoms with Gasteiger partial charge in [-0.05, 0) is 42.5 Å². The van der Waals surface area contributed by atoms with Crippen LogP contribution >= 0.6 is 11.6 Å². The van der Waals surface area contributed by atoms with Gasteiger partial charge in [0, 0.05) is 29.1 Å². The number of amides is 1. The lowest BCUT2D eigenvalue weighted by molar-refractivity contribution is -0.116. The molecule has 0 aliphatic carbocycles. The molecule has 4 aromatic rings. The fourth-order valence-electron chi connectivity index (χ4n) is 2.65. The van der Waals surface area contributed by atoms with E-state index in [2.05, 4.69) is 15.3 Å². The van der Waals surface area contributed by atoms with E-state index in [1.54, 1.807) is 36.5 Å². The molecule has 0 bridgehead atoms. The highest BCUT2D eigenvalue weighted by Crippen LogP contribution is 2.23. The van der Waals surface area contributed by atoms with Crippen LogP contribution in [-0.4, -0.2) is 15.9 Å². The molecule has 0 saturated heterocycles. The fourth-order valence-corrected chi connectivity index (χ4v) is 2.77. The summed E-state index contributed by atoms with van der Waals surface area (Å²) in [5, 5.41) is 3.42. The topological polar surface area (TPSA) is 101 Å². The van der Waals surface area contributed by atoms with E-state index in [1.807, 2.05) is 12.1 Å². The molecule has 8 heteroatoms. The van der Waals surface area contributed by atoms with Crippen LogP contribution < -0.4 is 11.1 Å². The van der Waals surface area contributed by atoms with Crippen LogP contribution in [0.3, 0.4) is 0 Å². The van der Waals surface area contributed by atoms with Crippen LogP contribution in [0.5, 0.6) is 0 Å². The smallest absolute Gasteiger partial charge is 0.417 e. The minimum absolute atomic E-state index is 0.188. The second-order valence-corrected chi connectivity index (χ2v) is 6.34. The molecule has 27 heavy (non-hydrogen) atoms. The van der Waals surface area contributed by atoms with Gasteiger partial charge in [0.15, 0.2) is 17.2 Å². The van der Waals surface area contributed by atoms with E-state index in [0.29, 0.717) is 39.9 Å². The zero-order chi connectivity index (χ0) is 18.8. The zero-order valence-corrected chi connectivity index (χ0v) is 14.7. The summed E-state index contributed by atoms with van der Waals surface area (Å²) in [6.07, 6.45) is 2.20. The van der Waals surface area contributed by atoms with E-state index >= 15 is 0 Å². The molecule has 0 spiro atoms. The highest BCUT2D eigenvalue weighted by atomic mass is 35.5. The molecule has 7 nitrogen and oxygen atoms in total. The van der Waals surface area contributed by atoms with Crippen molar-refractivity contribution in [3.8, 4) is 11.3 Å². The molecular weight excluding hydrogens is 370 g/mol. The molecule has 0 saturated carbocycles. The molecule has 1 amide bonds. The van der Waals surface area contributed by atoms with Gasteiger partial charge in [0.2, 0.25) is 5.91 Å². The molecule has 0 fully saturated rings. The quantitative estimate of drug-likeness (QED) is 0.542. The number of H-pyrrole nitrogens is 1. The minimum Gasteiger partial charge on any atom is -0.441 e. The van der Waals surface area contributed by atoms with Gasteiger partial charge in [-0.15, -0.1) is 0 Å². The number of carbonyl (C=O) groups excluding carboxylic acids is 1. The number of fused-ring (bicyclic) bond motifs is 1. The third-order valence-electron chi connectivity index (χ3n) is 3.95. The summed E-state index contributed by atoms with van der Waals surface area (Å²) in [6, 6.07) is 12.2. The molecule has 0 unspecified atom stereocenters. The van der Waals surface area contributed by atoms with E-state index in [-0.39, 0.29) is 12.3 Å². The standard InChI is InChI=1S/C19H14ClN3O4/c20-12-3-1-11(2-4-12)16-10-21-18(26-16)8-7-17(24)22-13-5-6-15-14(9-13)23-19(25)27-15/h1-6,9-10H,7-8H2,(H,22,24)(H,23,25). The van der Waals surface area contributed by atoms with Crippen molar-refractivity contribution in [2.45, 2.75) is 12.8 Å². The number of hydrogen-bond donors (Lipinski definition) is 2. The van der Waals surface area contributed by atoms with E-state index in [1.165, 1.54) is 0 Å². The Labute approximate surface area is 158 Å². The molecule has 0 aliphatic heterocycles. The number of anilines is 1. The monoisotopic (exact) mass is 383 g/mol. The SMILES string of the molecule is O=C(CCc1ncc(-c2ccc(Cl)cc2)o1)Nc1ccc2oc(=O)[nH]c2c1. The average molecular weight is 384 g/mol. The number of rotatable bonds is 5. The molecule has 2 aromatic carbocycles. The number of aryl methyl sites for hydroxylation is 1.